The predicted octanol–water partition coefficient (Wildman–Crippen LogP) is 5.26. The summed E-state index contributed by atoms with van der Waals surface area (Å²) in [5.41, 5.74) is 0.383. The first-order valence-electron chi connectivity index (χ1n) is 10.5. The molecule has 0 saturated heterocycles. The molecule has 1 heterocycles. The molecular weight excluding hydrogens is 492 g/mol. The molecule has 0 spiro atoms. The Balaban J connectivity index is 2.18. The van der Waals surface area contributed by atoms with Crippen LogP contribution in [0.3, 0.4) is 0 Å². The number of rotatable bonds is 8. The lowest BCUT2D eigenvalue weighted by Crippen LogP contribution is -2.23. The maximum absolute atomic E-state index is 13.2. The zero-order valence-electron chi connectivity index (χ0n) is 19.0. The Morgan fingerprint density at radius 1 is 1.24 bits per heavy atom. The summed E-state index contributed by atoms with van der Waals surface area (Å²) >= 11 is 3.38. The van der Waals surface area contributed by atoms with Crippen LogP contribution in [0, 0.1) is 10.1 Å². The Kier molecular flexibility index (Phi) is 7.47. The van der Waals surface area contributed by atoms with E-state index >= 15 is 0 Å². The van der Waals surface area contributed by atoms with Crippen molar-refractivity contribution in [3.05, 3.63) is 66.7 Å². The van der Waals surface area contributed by atoms with Crippen molar-refractivity contribution in [3.63, 3.8) is 0 Å². The summed E-state index contributed by atoms with van der Waals surface area (Å²) in [7, 11) is 0. The average molecular weight is 517 g/mol. The number of hydrogen-bond donors (Lipinski definition) is 0. The normalized spacial score (nSPS) is 11.6. The third-order valence-corrected chi connectivity index (χ3v) is 5.07. The molecule has 0 fully saturated rings. The van der Waals surface area contributed by atoms with Crippen LogP contribution in [0.2, 0.25) is 0 Å². The van der Waals surface area contributed by atoms with E-state index < -0.39 is 4.92 Å². The van der Waals surface area contributed by atoms with E-state index in [1.54, 1.807) is 39.0 Å². The molecule has 174 valence electrons. The van der Waals surface area contributed by atoms with Gasteiger partial charge in [-0.15, -0.1) is 0 Å². The van der Waals surface area contributed by atoms with Crippen LogP contribution >= 0.6 is 15.9 Å². The lowest BCUT2D eigenvalue weighted by atomic mass is 10.1. The fraction of sp³-hybridized carbons (Fsp3) is 0.348. The first kappa shape index (κ1) is 24.4. The van der Waals surface area contributed by atoms with Crippen molar-refractivity contribution in [3.8, 4) is 11.5 Å². The van der Waals surface area contributed by atoms with Gasteiger partial charge in [0.2, 0.25) is 5.75 Å². The molecule has 0 aliphatic heterocycles. The van der Waals surface area contributed by atoms with Gasteiger partial charge in [-0.05, 0) is 45.0 Å². The quantitative estimate of drug-likeness (QED) is 0.229. The van der Waals surface area contributed by atoms with Crippen molar-refractivity contribution >= 4 is 38.7 Å². The van der Waals surface area contributed by atoms with Gasteiger partial charge in [0, 0.05) is 22.0 Å². The van der Waals surface area contributed by atoms with Crippen LogP contribution in [-0.2, 0) is 0 Å². The van der Waals surface area contributed by atoms with E-state index in [0.717, 1.165) is 4.47 Å². The summed E-state index contributed by atoms with van der Waals surface area (Å²) in [6, 6.07) is 8.22. The molecule has 0 atom stereocenters. The van der Waals surface area contributed by atoms with Gasteiger partial charge in [0.15, 0.2) is 5.75 Å². The molecule has 2 aromatic carbocycles. The zero-order chi connectivity index (χ0) is 24.3. The van der Waals surface area contributed by atoms with Crippen molar-refractivity contribution in [2.45, 2.75) is 46.6 Å². The second-order valence-electron chi connectivity index (χ2n) is 7.87. The number of halogens is 1. The highest BCUT2D eigenvalue weighted by molar-refractivity contribution is 9.10. The molecule has 3 rings (SSSR count). The van der Waals surface area contributed by atoms with Crippen LogP contribution in [0.25, 0.3) is 10.9 Å². The summed E-state index contributed by atoms with van der Waals surface area (Å²) in [5, 5.41) is 16.5. The molecule has 10 heteroatoms. The Morgan fingerprint density at radius 2 is 1.97 bits per heavy atom. The molecule has 9 nitrogen and oxygen atoms in total. The predicted molar refractivity (Wildman–Crippen MR) is 131 cm³/mol. The summed E-state index contributed by atoms with van der Waals surface area (Å²) in [6.45, 7) is 9.45. The van der Waals surface area contributed by atoms with Crippen LogP contribution in [0.4, 0.5) is 5.69 Å². The van der Waals surface area contributed by atoms with E-state index in [2.05, 4.69) is 26.0 Å². The minimum atomic E-state index is -0.529. The molecule has 0 amide bonds. The highest BCUT2D eigenvalue weighted by Crippen LogP contribution is 2.39. The molecule has 0 saturated carbocycles. The largest absolute Gasteiger partial charge is 0.490 e. The lowest BCUT2D eigenvalue weighted by Gasteiger charge is -2.15. The lowest BCUT2D eigenvalue weighted by molar-refractivity contribution is -0.386. The van der Waals surface area contributed by atoms with Crippen LogP contribution in [0.1, 0.15) is 51.9 Å². The van der Waals surface area contributed by atoms with Crippen molar-refractivity contribution in [2.75, 3.05) is 6.61 Å². The maximum atomic E-state index is 13.2. The van der Waals surface area contributed by atoms with Gasteiger partial charge >= 0.3 is 5.69 Å². The summed E-state index contributed by atoms with van der Waals surface area (Å²) < 4.78 is 13.2. The minimum Gasteiger partial charge on any atom is -0.490 e. The Hall–Kier alpha value is -3.27. The van der Waals surface area contributed by atoms with Gasteiger partial charge in [-0.3, -0.25) is 14.9 Å². The van der Waals surface area contributed by atoms with Crippen molar-refractivity contribution in [1.82, 2.24) is 9.66 Å². The summed E-state index contributed by atoms with van der Waals surface area (Å²) in [5.74, 6) is 0.688. The van der Waals surface area contributed by atoms with Crippen LogP contribution in [0.5, 0.6) is 11.5 Å². The fourth-order valence-electron chi connectivity index (χ4n) is 3.21. The van der Waals surface area contributed by atoms with E-state index in [4.69, 9.17) is 9.47 Å². The van der Waals surface area contributed by atoms with Gasteiger partial charge in [0.25, 0.3) is 5.56 Å². The molecular formula is C23H25BrN4O5. The van der Waals surface area contributed by atoms with Gasteiger partial charge < -0.3 is 9.47 Å². The van der Waals surface area contributed by atoms with Crippen molar-refractivity contribution < 1.29 is 14.4 Å². The molecule has 0 aliphatic rings. The van der Waals surface area contributed by atoms with Crippen molar-refractivity contribution in [1.29, 1.82) is 0 Å². The Bertz CT molecular complexity index is 1280. The molecule has 0 radical (unpaired) electrons. The Morgan fingerprint density at radius 3 is 2.58 bits per heavy atom. The van der Waals surface area contributed by atoms with Crippen LogP contribution < -0.4 is 15.0 Å². The zero-order valence-corrected chi connectivity index (χ0v) is 20.6. The minimum absolute atomic E-state index is 0.0614. The van der Waals surface area contributed by atoms with Gasteiger partial charge in [-0.1, -0.05) is 29.8 Å². The SMILES string of the molecule is CCOc1cc(C=Nn2c(C(C)C)nc3ccc(Br)cc3c2=O)cc([N+](=O)[O-])c1OC(C)C. The molecule has 0 aliphatic carbocycles. The third-order valence-electron chi connectivity index (χ3n) is 4.58. The van der Waals surface area contributed by atoms with E-state index in [-0.39, 0.29) is 34.8 Å². The average Bonchev–Trinajstić information content (AvgIpc) is 2.74. The first-order chi connectivity index (χ1) is 15.6. The fourth-order valence-corrected chi connectivity index (χ4v) is 3.57. The molecule has 0 N–H and O–H groups in total. The number of hydrogen-bond acceptors (Lipinski definition) is 7. The summed E-state index contributed by atoms with van der Waals surface area (Å²) in [6.07, 6.45) is 1.10. The third kappa shape index (κ3) is 5.39. The number of nitro benzene ring substituents is 1. The number of fused-ring (bicyclic) bond motifs is 1. The van der Waals surface area contributed by atoms with Gasteiger partial charge in [0.05, 0.1) is 34.8 Å². The van der Waals surface area contributed by atoms with Crippen LogP contribution in [0.15, 0.2) is 44.7 Å². The number of nitrogens with zero attached hydrogens (tertiary/aromatic N) is 4. The number of nitro groups is 1. The van der Waals surface area contributed by atoms with Crippen LogP contribution in [-0.4, -0.2) is 33.5 Å². The highest BCUT2D eigenvalue weighted by Gasteiger charge is 2.23. The maximum Gasteiger partial charge on any atom is 0.315 e. The second-order valence-corrected chi connectivity index (χ2v) is 8.79. The monoisotopic (exact) mass is 516 g/mol. The summed E-state index contributed by atoms with van der Waals surface area (Å²) in [4.78, 5) is 29.0. The standard InChI is InChI=1S/C23H25BrN4O5/c1-6-32-20-10-15(9-19(28(30)31)21(20)33-14(4)5)12-25-27-22(13(2)3)26-18-8-7-16(24)11-17(18)23(27)29/h7-14H,6H2,1-5H3. The van der Waals surface area contributed by atoms with E-state index in [9.17, 15) is 14.9 Å². The highest BCUT2D eigenvalue weighted by atomic mass is 79.9. The van der Waals surface area contributed by atoms with E-state index in [1.165, 1.54) is 17.0 Å². The molecule has 33 heavy (non-hydrogen) atoms. The van der Waals surface area contributed by atoms with Crippen molar-refractivity contribution in [2.24, 2.45) is 5.10 Å². The second kappa shape index (κ2) is 10.1. The molecule has 1 aromatic heterocycles. The van der Waals surface area contributed by atoms with Gasteiger partial charge in [-0.25, -0.2) is 4.98 Å². The molecule has 0 unspecified atom stereocenters. The number of benzene rings is 2. The molecule has 3 aromatic rings. The Labute approximate surface area is 199 Å². The topological polar surface area (TPSA) is 109 Å². The van der Waals surface area contributed by atoms with Gasteiger partial charge in [-0.2, -0.15) is 9.78 Å². The number of aromatic nitrogens is 2. The molecule has 0 bridgehead atoms. The van der Waals surface area contributed by atoms with Gasteiger partial charge in [0.1, 0.15) is 5.82 Å². The van der Waals surface area contributed by atoms with E-state index in [0.29, 0.717) is 28.9 Å². The smallest absolute Gasteiger partial charge is 0.315 e. The number of ether oxygens (including phenoxy) is 2. The van der Waals surface area contributed by atoms with E-state index in [1.807, 2.05) is 19.9 Å². The first-order valence-corrected chi connectivity index (χ1v) is 11.3.